The van der Waals surface area contributed by atoms with E-state index in [4.69, 9.17) is 20.8 Å². The third kappa shape index (κ3) is 45.4. The number of nitrogens with two attached hydrogens (primary N) is 2. The van der Waals surface area contributed by atoms with Crippen LogP contribution in [0, 0.1) is 17.8 Å². The van der Waals surface area contributed by atoms with Crippen molar-refractivity contribution in [1.29, 1.82) is 0 Å². The number of Topliss-reactive ketones (excluding diaryl/α,β-unsaturated/α-hetero) is 1. The molecule has 0 aliphatic carbocycles. The second-order valence-corrected chi connectivity index (χ2v) is 22.1. The largest absolute Gasteiger partial charge is 0.478 e. The van der Waals surface area contributed by atoms with E-state index in [1.807, 2.05) is 31.2 Å². The van der Waals surface area contributed by atoms with E-state index in [0.29, 0.717) is 19.4 Å². The number of carboxylic acid groups (broad SMARTS) is 1. The van der Waals surface area contributed by atoms with E-state index in [1.54, 1.807) is 92.0 Å². The van der Waals surface area contributed by atoms with Gasteiger partial charge in [0.15, 0.2) is 5.96 Å². The van der Waals surface area contributed by atoms with Gasteiger partial charge in [-0.15, -0.1) is 0 Å². The Morgan fingerprint density at radius 1 is 0.529 bits per heavy atom. The van der Waals surface area contributed by atoms with Gasteiger partial charge in [0.1, 0.15) is 5.78 Å². The summed E-state index contributed by atoms with van der Waals surface area (Å²) in [5.41, 5.74) is 10.8. The summed E-state index contributed by atoms with van der Waals surface area (Å²) in [6.45, 7) is 6.93. The van der Waals surface area contributed by atoms with Gasteiger partial charge in [-0.3, -0.25) is 14.3 Å². The maximum atomic E-state index is 13.1. The molecule has 17 N–H and O–H groups in total. The molecule has 85 heavy (non-hydrogen) atoms. The molecule has 0 aliphatic heterocycles. The highest BCUT2D eigenvalue weighted by Crippen LogP contribution is 2.21. The smallest absolute Gasteiger partial charge is 0.397 e. The lowest BCUT2D eigenvalue weighted by molar-refractivity contribution is -0.132. The number of rotatable bonds is 47. The summed E-state index contributed by atoms with van der Waals surface area (Å²) in [4.78, 5) is 27.7. The summed E-state index contributed by atoms with van der Waals surface area (Å²) in [7, 11) is -4.96. The van der Waals surface area contributed by atoms with Crippen LogP contribution in [-0.4, -0.2) is 172 Å². The minimum absolute atomic E-state index is 0.00161. The molecule has 0 radical (unpaired) electrons. The number of carbonyl (C=O) groups is 2. The van der Waals surface area contributed by atoms with Crippen molar-refractivity contribution in [2.45, 2.75) is 191 Å². The third-order valence-electron chi connectivity index (χ3n) is 13.1. The predicted octanol–water partition coefficient (Wildman–Crippen LogP) is 5.06. The second kappa shape index (κ2) is 47.6. The third-order valence-corrected chi connectivity index (χ3v) is 13.6. The first kappa shape index (κ1) is 79.5. The number of allylic oxidation sites excluding steroid dienone is 16. The van der Waals surface area contributed by atoms with Gasteiger partial charge in [-0.2, -0.15) is 8.42 Å². The predicted molar refractivity (Wildman–Crippen MR) is 331 cm³/mol. The number of aliphatic hydroxyl groups excluding tert-OH is 11. The summed E-state index contributed by atoms with van der Waals surface area (Å²) < 4.78 is 37.4. The number of guanidine groups is 1. The molecule has 0 aromatic carbocycles. The standard InChI is InChI=1S/C63H99N3O18S/c1-45(27-19-15-11-10-12-16-20-28-46(2)62(79)80)61(78)48(4)58(76)36-21-17-13-8-6-5-7-9-14-18-22-37-60(84-85(81,82)83)47(3)59(77)44-57(75)43-54(72)34-25-33-53(71)42-56(74)41-52(70)32-24-31-50(68)39-49(67)29-23-30-51(69)40-55(73)35-26-38-66-63(64)65/h5-10,12-14,16-25,27-29,32,34,36,45,47-58,60-61,67-76,78H,11,15,26,30-31,33,35,37-44H2,1-4H3,(H,79,80)(H4,64,65,66)(H,81,82,83)/b7-5+,8-6+,12-10+,14-9+,17-13+,20-16+,22-18+,27-19+,29-23+,32-24+,34-25+,36-21+,46-28+. The molecule has 0 aliphatic rings. The number of carboxylic acids is 1. The van der Waals surface area contributed by atoms with E-state index < -0.39 is 114 Å². The summed E-state index contributed by atoms with van der Waals surface area (Å²) in [5.74, 6) is -3.29. The van der Waals surface area contributed by atoms with E-state index in [2.05, 4.69) is 4.99 Å². The number of hydrogen-bond donors (Lipinski definition) is 15. The van der Waals surface area contributed by atoms with Crippen molar-refractivity contribution in [3.8, 4) is 0 Å². The van der Waals surface area contributed by atoms with Gasteiger partial charge in [0.2, 0.25) is 0 Å². The number of carbonyl (C=O) groups excluding carboxylic acids is 1. The number of unbranched alkanes of at least 4 members (excludes halogenated alkanes) is 1. The van der Waals surface area contributed by atoms with Crippen LogP contribution >= 0.6 is 0 Å². The van der Waals surface area contributed by atoms with Crippen LogP contribution in [0.15, 0.2) is 162 Å². The van der Waals surface area contributed by atoms with Gasteiger partial charge in [-0.05, 0) is 71.1 Å². The molecule has 0 aromatic heterocycles. The molecular weight excluding hydrogens is 1120 g/mol. The molecule has 0 rings (SSSR count). The van der Waals surface area contributed by atoms with Gasteiger partial charge in [-0.25, -0.2) is 8.98 Å². The van der Waals surface area contributed by atoms with Crippen molar-refractivity contribution >= 4 is 28.1 Å². The summed E-state index contributed by atoms with van der Waals surface area (Å²) in [6, 6.07) is 0. The van der Waals surface area contributed by atoms with Crippen LogP contribution in [0.3, 0.4) is 0 Å². The highest BCUT2D eigenvalue weighted by atomic mass is 32.3. The molecule has 22 heteroatoms. The zero-order chi connectivity index (χ0) is 64.2. The van der Waals surface area contributed by atoms with Crippen molar-refractivity contribution in [3.63, 3.8) is 0 Å². The average molecular weight is 1220 g/mol. The average Bonchev–Trinajstić information content (AvgIpc) is 3.60. The van der Waals surface area contributed by atoms with Crippen LogP contribution in [0.25, 0.3) is 0 Å². The quantitative estimate of drug-likeness (QED) is 0.00720. The van der Waals surface area contributed by atoms with E-state index in [9.17, 15) is 78.7 Å². The Hall–Kier alpha value is -5.54. The molecule has 0 aromatic rings. The van der Waals surface area contributed by atoms with Crippen molar-refractivity contribution < 1.29 is 88.0 Å². The molecule has 15 atom stereocenters. The van der Waals surface area contributed by atoms with E-state index in [-0.39, 0.29) is 75.2 Å². The fraction of sp³-hybridized carbons (Fsp3) is 0.540. The van der Waals surface area contributed by atoms with Crippen LogP contribution in [0.4, 0.5) is 0 Å². The molecule has 0 saturated heterocycles. The first-order valence-corrected chi connectivity index (χ1v) is 30.1. The lowest BCUT2D eigenvalue weighted by Crippen LogP contribution is -2.32. The molecule has 480 valence electrons. The Bertz CT molecular complexity index is 2400. The number of aliphatic imine (C=N–C) groups is 1. The summed E-state index contributed by atoms with van der Waals surface area (Å²) >= 11 is 0. The van der Waals surface area contributed by atoms with Crippen LogP contribution < -0.4 is 11.5 Å². The summed E-state index contributed by atoms with van der Waals surface area (Å²) in [6.07, 6.45) is 30.9. The Kier molecular flexibility index (Phi) is 44.5. The van der Waals surface area contributed by atoms with Crippen LogP contribution in [0.1, 0.15) is 118 Å². The molecule has 0 bridgehead atoms. The van der Waals surface area contributed by atoms with Crippen LogP contribution in [-0.2, 0) is 24.2 Å². The minimum atomic E-state index is -4.96. The van der Waals surface area contributed by atoms with E-state index in [0.717, 1.165) is 12.8 Å². The lowest BCUT2D eigenvalue weighted by Gasteiger charge is -2.25. The van der Waals surface area contributed by atoms with Gasteiger partial charge >= 0.3 is 16.4 Å². The number of aliphatic carboxylic acids is 1. The zero-order valence-electron chi connectivity index (χ0n) is 49.6. The van der Waals surface area contributed by atoms with Crippen LogP contribution in [0.2, 0.25) is 0 Å². The monoisotopic (exact) mass is 1220 g/mol. The highest BCUT2D eigenvalue weighted by molar-refractivity contribution is 7.80. The molecule has 0 saturated carbocycles. The maximum Gasteiger partial charge on any atom is 0.397 e. The fourth-order valence-corrected chi connectivity index (χ4v) is 8.63. The van der Waals surface area contributed by atoms with Gasteiger partial charge < -0.3 is 72.7 Å². The van der Waals surface area contributed by atoms with Crippen LogP contribution in [0.5, 0.6) is 0 Å². The van der Waals surface area contributed by atoms with Crippen molar-refractivity contribution in [3.05, 3.63) is 157 Å². The molecular formula is C63H99N3O18S. The molecule has 21 nitrogen and oxygen atoms in total. The van der Waals surface area contributed by atoms with Gasteiger partial charge in [-0.1, -0.05) is 173 Å². The number of hydrogen-bond acceptors (Lipinski definition) is 17. The maximum absolute atomic E-state index is 13.1. The number of nitrogens with zero attached hydrogens (tertiary/aromatic N) is 1. The minimum Gasteiger partial charge on any atom is -0.478 e. The fourth-order valence-electron chi connectivity index (χ4n) is 8.07. The number of aliphatic hydroxyl groups is 11. The first-order valence-electron chi connectivity index (χ1n) is 28.7. The Morgan fingerprint density at radius 3 is 1.52 bits per heavy atom. The second-order valence-electron chi connectivity index (χ2n) is 21.0. The van der Waals surface area contributed by atoms with Gasteiger partial charge in [0, 0.05) is 55.6 Å². The van der Waals surface area contributed by atoms with E-state index >= 15 is 0 Å². The van der Waals surface area contributed by atoms with Gasteiger partial charge in [0.25, 0.3) is 0 Å². The molecule has 0 amide bonds. The number of ketones is 1. The first-order chi connectivity index (χ1) is 40.1. The Labute approximate surface area is 503 Å². The molecule has 0 fully saturated rings. The normalized spacial score (nSPS) is 18.9. The topological polar surface area (TPSA) is 405 Å². The summed E-state index contributed by atoms with van der Waals surface area (Å²) in [5, 5.41) is 123. The zero-order valence-corrected chi connectivity index (χ0v) is 50.4. The molecule has 15 unspecified atom stereocenters. The molecule has 0 spiro atoms. The Balaban J connectivity index is 4.79. The van der Waals surface area contributed by atoms with Crippen molar-refractivity contribution in [2.24, 2.45) is 34.2 Å². The van der Waals surface area contributed by atoms with E-state index in [1.165, 1.54) is 56.4 Å². The van der Waals surface area contributed by atoms with Gasteiger partial charge in [0.05, 0.1) is 73.2 Å². The van der Waals surface area contributed by atoms with Crippen molar-refractivity contribution in [2.75, 3.05) is 6.54 Å². The molecule has 0 heterocycles. The lowest BCUT2D eigenvalue weighted by atomic mass is 9.88. The Morgan fingerprint density at radius 2 is 0.988 bits per heavy atom. The highest BCUT2D eigenvalue weighted by Gasteiger charge is 2.30. The van der Waals surface area contributed by atoms with Crippen molar-refractivity contribution in [1.82, 2.24) is 0 Å². The SMILES string of the molecule is C\C(=C/C=C/C=C/CC/C=C/C(C)C(O)C(C)C(O)/C=C/C=C/C=C/C=C/C=C/C=C/CC(OS(=O)(=O)O)C(C)C(=O)CC(O)CC(O)/C=C/CC(O)CC(O)CC(O)/C=C/CC(O)CC(O)/C=C/CC(O)CC(O)CCCN=C(N)N)C(=O)O.